The Kier molecular flexibility index (Phi) is 5.20. The lowest BCUT2D eigenvalue weighted by atomic mass is 10.1. The Morgan fingerprint density at radius 1 is 1.10 bits per heavy atom. The Morgan fingerprint density at radius 2 is 1.81 bits per heavy atom. The molecule has 0 heterocycles. The van der Waals surface area contributed by atoms with Crippen LogP contribution in [-0.4, -0.2) is 15.0 Å². The van der Waals surface area contributed by atoms with Crippen LogP contribution in [-0.2, 0) is 15.5 Å². The molecule has 0 N–H and O–H groups in total. The Morgan fingerprint density at radius 3 is 2.43 bits per heavy atom. The summed E-state index contributed by atoms with van der Waals surface area (Å²) in [6, 6.07) is 13.2. The molecule has 0 atom stereocenters. The van der Waals surface area contributed by atoms with E-state index in [1.807, 2.05) is 30.3 Å². The lowest BCUT2D eigenvalue weighted by Crippen LogP contribution is -2.02. The maximum absolute atomic E-state index is 13.7. The van der Waals surface area contributed by atoms with E-state index in [1.165, 1.54) is 17.7 Å². The van der Waals surface area contributed by atoms with Gasteiger partial charge in [0.1, 0.15) is 0 Å². The number of benzene rings is 2. The summed E-state index contributed by atoms with van der Waals surface area (Å²) >= 11 is 0. The first-order chi connectivity index (χ1) is 9.97. The third-order valence-electron chi connectivity index (χ3n) is 2.90. The number of ether oxygens (including phenoxy) is 1. The number of rotatable bonds is 6. The van der Waals surface area contributed by atoms with Crippen molar-refractivity contribution in [3.8, 4) is 5.75 Å². The third kappa shape index (κ3) is 4.72. The molecule has 2 rings (SSSR count). The van der Waals surface area contributed by atoms with E-state index in [4.69, 9.17) is 15.4 Å². The Labute approximate surface area is 127 Å². The molecule has 0 radical (unpaired) electrons. The minimum Gasteiger partial charge on any atom is -0.491 e. The average molecular weight is 329 g/mol. The minimum absolute atomic E-state index is 0.0205. The predicted octanol–water partition coefficient (Wildman–Crippen LogP) is 3.76. The monoisotopic (exact) mass is 328 g/mol. The summed E-state index contributed by atoms with van der Waals surface area (Å²) in [5, 5.41) is 0. The first-order valence-corrected chi connectivity index (χ1v) is 8.69. The SMILES string of the molecule is O=S(=O)(Cl)c1ccc(OCCCc2ccccc2)c(F)c1. The summed E-state index contributed by atoms with van der Waals surface area (Å²) in [4.78, 5) is -0.279. The van der Waals surface area contributed by atoms with E-state index in [2.05, 4.69) is 0 Å². The van der Waals surface area contributed by atoms with E-state index in [0.29, 0.717) is 6.61 Å². The molecule has 0 amide bonds. The highest BCUT2D eigenvalue weighted by molar-refractivity contribution is 8.13. The average Bonchev–Trinajstić information content (AvgIpc) is 2.45. The Hall–Kier alpha value is -1.59. The van der Waals surface area contributed by atoms with Crippen LogP contribution in [0.2, 0.25) is 0 Å². The van der Waals surface area contributed by atoms with Crippen LogP contribution in [0.3, 0.4) is 0 Å². The molecule has 0 unspecified atom stereocenters. The van der Waals surface area contributed by atoms with Gasteiger partial charge in [-0.25, -0.2) is 12.8 Å². The molecular formula is C15H14ClFO3S. The molecular weight excluding hydrogens is 315 g/mol. The number of hydrogen-bond acceptors (Lipinski definition) is 3. The van der Waals surface area contributed by atoms with E-state index >= 15 is 0 Å². The van der Waals surface area contributed by atoms with Gasteiger partial charge < -0.3 is 4.74 Å². The lowest BCUT2D eigenvalue weighted by Gasteiger charge is -2.08. The molecule has 0 aromatic heterocycles. The molecule has 2 aromatic rings. The Balaban J connectivity index is 1.89. The van der Waals surface area contributed by atoms with Crippen LogP contribution in [0, 0.1) is 5.82 Å². The molecule has 0 fully saturated rings. The second-order valence-corrected chi connectivity index (χ2v) is 7.03. The fraction of sp³-hybridized carbons (Fsp3) is 0.200. The van der Waals surface area contributed by atoms with Crippen LogP contribution in [0.25, 0.3) is 0 Å². The maximum Gasteiger partial charge on any atom is 0.261 e. The van der Waals surface area contributed by atoms with Crippen molar-refractivity contribution in [1.82, 2.24) is 0 Å². The van der Waals surface area contributed by atoms with Gasteiger partial charge in [-0.1, -0.05) is 30.3 Å². The van der Waals surface area contributed by atoms with Crippen LogP contribution in [0.4, 0.5) is 4.39 Å². The summed E-state index contributed by atoms with van der Waals surface area (Å²) in [7, 11) is 1.22. The van der Waals surface area contributed by atoms with Crippen LogP contribution < -0.4 is 4.74 Å². The molecule has 0 spiro atoms. The molecule has 6 heteroatoms. The Bertz CT molecular complexity index is 702. The molecule has 3 nitrogen and oxygen atoms in total. The summed E-state index contributed by atoms with van der Waals surface area (Å²) in [5.41, 5.74) is 1.19. The van der Waals surface area contributed by atoms with Crippen molar-refractivity contribution in [2.45, 2.75) is 17.7 Å². The molecule has 2 aromatic carbocycles. The van der Waals surface area contributed by atoms with Gasteiger partial charge in [0, 0.05) is 10.7 Å². The fourth-order valence-corrected chi connectivity index (χ4v) is 2.62. The molecule has 0 aliphatic carbocycles. The predicted molar refractivity (Wildman–Crippen MR) is 79.7 cm³/mol. The lowest BCUT2D eigenvalue weighted by molar-refractivity contribution is 0.295. The number of halogens is 2. The van der Waals surface area contributed by atoms with E-state index in [-0.39, 0.29) is 10.6 Å². The number of aryl methyl sites for hydroxylation is 1. The van der Waals surface area contributed by atoms with E-state index in [0.717, 1.165) is 18.9 Å². The van der Waals surface area contributed by atoms with Crippen molar-refractivity contribution >= 4 is 19.7 Å². The first kappa shape index (κ1) is 15.8. The van der Waals surface area contributed by atoms with Gasteiger partial charge in [0.15, 0.2) is 11.6 Å². The van der Waals surface area contributed by atoms with Crippen molar-refractivity contribution in [2.75, 3.05) is 6.61 Å². The second kappa shape index (κ2) is 6.91. The highest BCUT2D eigenvalue weighted by atomic mass is 35.7. The van der Waals surface area contributed by atoms with Crippen molar-refractivity contribution in [1.29, 1.82) is 0 Å². The third-order valence-corrected chi connectivity index (χ3v) is 4.25. The van der Waals surface area contributed by atoms with Gasteiger partial charge >= 0.3 is 0 Å². The van der Waals surface area contributed by atoms with Crippen LogP contribution in [0.5, 0.6) is 5.75 Å². The van der Waals surface area contributed by atoms with E-state index in [9.17, 15) is 12.8 Å². The molecule has 0 bridgehead atoms. The standard InChI is InChI=1S/C15H14ClFO3S/c16-21(18,19)13-8-9-15(14(17)11-13)20-10-4-7-12-5-2-1-3-6-12/h1-3,5-6,8-9,11H,4,7,10H2. The number of hydrogen-bond donors (Lipinski definition) is 0. The largest absolute Gasteiger partial charge is 0.491 e. The highest BCUT2D eigenvalue weighted by Gasteiger charge is 2.13. The van der Waals surface area contributed by atoms with E-state index in [1.54, 1.807) is 0 Å². The molecule has 0 saturated carbocycles. The molecule has 112 valence electrons. The summed E-state index contributed by atoms with van der Waals surface area (Å²) in [5.74, 6) is -0.719. The van der Waals surface area contributed by atoms with Gasteiger partial charge in [0.2, 0.25) is 0 Å². The summed E-state index contributed by atoms with van der Waals surface area (Å²) in [6.07, 6.45) is 1.57. The highest BCUT2D eigenvalue weighted by Crippen LogP contribution is 2.23. The van der Waals surface area contributed by atoms with Crippen molar-refractivity contribution in [3.05, 3.63) is 59.9 Å². The fourth-order valence-electron chi connectivity index (χ4n) is 1.85. The van der Waals surface area contributed by atoms with Gasteiger partial charge in [0.05, 0.1) is 11.5 Å². The van der Waals surface area contributed by atoms with Crippen LogP contribution in [0.1, 0.15) is 12.0 Å². The molecule has 0 aliphatic heterocycles. The quantitative estimate of drug-likeness (QED) is 0.599. The molecule has 0 aliphatic rings. The first-order valence-electron chi connectivity index (χ1n) is 6.38. The summed E-state index contributed by atoms with van der Waals surface area (Å²) < 4.78 is 41.1. The van der Waals surface area contributed by atoms with E-state index < -0.39 is 14.9 Å². The zero-order valence-electron chi connectivity index (χ0n) is 11.1. The zero-order valence-corrected chi connectivity index (χ0v) is 12.7. The van der Waals surface area contributed by atoms with Gasteiger partial charge in [-0.2, -0.15) is 0 Å². The minimum atomic E-state index is -3.93. The second-order valence-electron chi connectivity index (χ2n) is 4.47. The molecule has 21 heavy (non-hydrogen) atoms. The van der Waals surface area contributed by atoms with Crippen molar-refractivity contribution in [3.63, 3.8) is 0 Å². The topological polar surface area (TPSA) is 43.4 Å². The smallest absolute Gasteiger partial charge is 0.261 e. The van der Waals surface area contributed by atoms with Gasteiger partial charge in [-0.3, -0.25) is 0 Å². The van der Waals surface area contributed by atoms with Crippen molar-refractivity contribution in [2.24, 2.45) is 0 Å². The van der Waals surface area contributed by atoms with Crippen LogP contribution >= 0.6 is 10.7 Å². The van der Waals surface area contributed by atoms with Gasteiger partial charge in [0.25, 0.3) is 9.05 Å². The van der Waals surface area contributed by atoms with Crippen molar-refractivity contribution < 1.29 is 17.5 Å². The maximum atomic E-state index is 13.7. The van der Waals surface area contributed by atoms with Crippen LogP contribution in [0.15, 0.2) is 53.4 Å². The zero-order chi connectivity index (χ0) is 15.3. The normalized spacial score (nSPS) is 11.3. The molecule has 0 saturated heterocycles. The van der Waals surface area contributed by atoms with Gasteiger partial charge in [-0.15, -0.1) is 0 Å². The summed E-state index contributed by atoms with van der Waals surface area (Å²) in [6.45, 7) is 0.346. The van der Waals surface area contributed by atoms with Gasteiger partial charge in [-0.05, 0) is 36.6 Å².